The molecular formula is C9H16N2O2S2. The molecule has 0 aliphatic rings. The van der Waals surface area contributed by atoms with Crippen LogP contribution in [0.25, 0.3) is 0 Å². The molecule has 0 amide bonds. The molecular weight excluding hydrogens is 232 g/mol. The van der Waals surface area contributed by atoms with Gasteiger partial charge in [-0.3, -0.25) is 0 Å². The molecule has 1 aromatic heterocycles. The molecule has 0 aromatic carbocycles. The first kappa shape index (κ1) is 12.6. The summed E-state index contributed by atoms with van der Waals surface area (Å²) in [7, 11) is -3.04. The molecule has 0 aliphatic carbocycles. The zero-order valence-corrected chi connectivity index (χ0v) is 10.8. The quantitative estimate of drug-likeness (QED) is 0.854. The lowest BCUT2D eigenvalue weighted by molar-refractivity contribution is 0.592. The zero-order chi connectivity index (χ0) is 11.5. The number of nitrogens with one attached hydrogen (secondary N) is 1. The molecule has 1 unspecified atom stereocenters. The standard InChI is InChI=1S/C9H16N2O2S2/c1-4-10-5-8-6-11-9(14-8)7(2)15(3,12)13/h6-7,10H,4-5H2,1-3H3. The third kappa shape index (κ3) is 3.55. The van der Waals surface area contributed by atoms with Crippen molar-refractivity contribution in [3.05, 3.63) is 16.1 Å². The summed E-state index contributed by atoms with van der Waals surface area (Å²) in [6.07, 6.45) is 2.98. The van der Waals surface area contributed by atoms with E-state index >= 15 is 0 Å². The fourth-order valence-electron chi connectivity index (χ4n) is 1.02. The maximum Gasteiger partial charge on any atom is 0.156 e. The normalized spacial score (nSPS) is 14.1. The van der Waals surface area contributed by atoms with Crippen molar-refractivity contribution < 1.29 is 8.42 Å². The summed E-state index contributed by atoms with van der Waals surface area (Å²) < 4.78 is 22.6. The summed E-state index contributed by atoms with van der Waals surface area (Å²) in [4.78, 5) is 5.21. The Morgan fingerprint density at radius 3 is 2.80 bits per heavy atom. The average molecular weight is 248 g/mol. The minimum atomic E-state index is -3.04. The van der Waals surface area contributed by atoms with Crippen molar-refractivity contribution in [3.8, 4) is 0 Å². The largest absolute Gasteiger partial charge is 0.312 e. The Labute approximate surface area is 94.7 Å². The Morgan fingerprint density at radius 2 is 2.27 bits per heavy atom. The number of sulfone groups is 1. The minimum Gasteiger partial charge on any atom is -0.312 e. The molecule has 1 atom stereocenters. The van der Waals surface area contributed by atoms with Gasteiger partial charge >= 0.3 is 0 Å². The zero-order valence-electron chi connectivity index (χ0n) is 9.15. The summed E-state index contributed by atoms with van der Waals surface area (Å²) in [5, 5.41) is 3.35. The van der Waals surface area contributed by atoms with Crippen molar-refractivity contribution >= 4 is 21.2 Å². The number of thiazole rings is 1. The molecule has 0 saturated heterocycles. The Hall–Kier alpha value is -0.460. The van der Waals surface area contributed by atoms with E-state index in [-0.39, 0.29) is 0 Å². The van der Waals surface area contributed by atoms with Crippen LogP contribution in [0.15, 0.2) is 6.20 Å². The van der Waals surface area contributed by atoms with Gasteiger partial charge in [-0.2, -0.15) is 0 Å². The van der Waals surface area contributed by atoms with Crippen LogP contribution in [0.1, 0.15) is 29.0 Å². The van der Waals surface area contributed by atoms with Gasteiger partial charge in [0.05, 0.1) is 0 Å². The van der Waals surface area contributed by atoms with E-state index < -0.39 is 15.1 Å². The van der Waals surface area contributed by atoms with Crippen LogP contribution in [0.2, 0.25) is 0 Å². The molecule has 4 nitrogen and oxygen atoms in total. The number of rotatable bonds is 5. The number of hydrogen-bond acceptors (Lipinski definition) is 5. The van der Waals surface area contributed by atoms with Crippen LogP contribution in [0, 0.1) is 0 Å². The van der Waals surface area contributed by atoms with Gasteiger partial charge in [0, 0.05) is 23.9 Å². The molecule has 1 heterocycles. The van der Waals surface area contributed by atoms with Crippen LogP contribution in [0.4, 0.5) is 0 Å². The van der Waals surface area contributed by atoms with E-state index in [4.69, 9.17) is 0 Å². The lowest BCUT2D eigenvalue weighted by Crippen LogP contribution is -2.10. The fourth-order valence-corrected chi connectivity index (χ4v) is 2.94. The molecule has 0 radical (unpaired) electrons. The highest BCUT2D eigenvalue weighted by atomic mass is 32.2. The summed E-state index contributed by atoms with van der Waals surface area (Å²) >= 11 is 1.46. The van der Waals surface area contributed by atoms with Crippen LogP contribution in [0.3, 0.4) is 0 Å². The van der Waals surface area contributed by atoms with Crippen molar-refractivity contribution in [2.45, 2.75) is 25.6 Å². The van der Waals surface area contributed by atoms with Gasteiger partial charge in [0.2, 0.25) is 0 Å². The van der Waals surface area contributed by atoms with Gasteiger partial charge in [0.1, 0.15) is 10.3 Å². The Kier molecular flexibility index (Phi) is 4.24. The Morgan fingerprint density at radius 1 is 1.60 bits per heavy atom. The van der Waals surface area contributed by atoms with Crippen molar-refractivity contribution in [3.63, 3.8) is 0 Å². The molecule has 1 rings (SSSR count). The first-order chi connectivity index (χ1) is 6.95. The SMILES string of the molecule is CCNCc1cnc(C(C)S(C)(=O)=O)s1. The van der Waals surface area contributed by atoms with Crippen LogP contribution >= 0.6 is 11.3 Å². The van der Waals surface area contributed by atoms with Crippen LogP contribution in [-0.2, 0) is 16.4 Å². The van der Waals surface area contributed by atoms with Crippen molar-refractivity contribution in [2.24, 2.45) is 0 Å². The van der Waals surface area contributed by atoms with Gasteiger partial charge in [-0.05, 0) is 13.5 Å². The van der Waals surface area contributed by atoms with Crippen LogP contribution < -0.4 is 5.32 Å². The van der Waals surface area contributed by atoms with Gasteiger partial charge < -0.3 is 5.32 Å². The van der Waals surface area contributed by atoms with Crippen LogP contribution in [-0.4, -0.2) is 26.2 Å². The third-order valence-corrected chi connectivity index (χ3v) is 4.95. The molecule has 6 heteroatoms. The highest BCUT2D eigenvalue weighted by Gasteiger charge is 2.20. The van der Waals surface area contributed by atoms with E-state index in [1.807, 2.05) is 6.92 Å². The summed E-state index contributed by atoms with van der Waals surface area (Å²) in [6.45, 7) is 5.35. The smallest absolute Gasteiger partial charge is 0.156 e. The first-order valence-electron chi connectivity index (χ1n) is 4.79. The van der Waals surface area contributed by atoms with Crippen LogP contribution in [0.5, 0.6) is 0 Å². The fraction of sp³-hybridized carbons (Fsp3) is 0.667. The molecule has 0 aliphatic heterocycles. The topological polar surface area (TPSA) is 59.1 Å². The number of nitrogens with zero attached hydrogens (tertiary/aromatic N) is 1. The number of aromatic nitrogens is 1. The van der Waals surface area contributed by atoms with Crippen molar-refractivity contribution in [1.29, 1.82) is 0 Å². The van der Waals surface area contributed by atoms with E-state index in [0.29, 0.717) is 5.01 Å². The lowest BCUT2D eigenvalue weighted by Gasteiger charge is -2.03. The minimum absolute atomic E-state index is 0.502. The van der Waals surface area contributed by atoms with Crippen molar-refractivity contribution in [1.82, 2.24) is 10.3 Å². The molecule has 0 saturated carbocycles. The summed E-state index contributed by atoms with van der Waals surface area (Å²) in [6, 6.07) is 0. The molecule has 15 heavy (non-hydrogen) atoms. The molecule has 0 fully saturated rings. The summed E-state index contributed by atoms with van der Waals surface area (Å²) in [5.41, 5.74) is 0. The van der Waals surface area contributed by atoms with E-state index in [2.05, 4.69) is 10.3 Å². The first-order valence-corrected chi connectivity index (χ1v) is 7.56. The summed E-state index contributed by atoms with van der Waals surface area (Å²) in [5.74, 6) is 0. The van der Waals surface area contributed by atoms with Gasteiger partial charge in [0.25, 0.3) is 0 Å². The Balaban J connectivity index is 2.76. The van der Waals surface area contributed by atoms with Gasteiger partial charge in [0.15, 0.2) is 9.84 Å². The van der Waals surface area contributed by atoms with Crippen molar-refractivity contribution in [2.75, 3.05) is 12.8 Å². The molecule has 0 spiro atoms. The Bertz CT molecular complexity index is 412. The highest BCUT2D eigenvalue weighted by Crippen LogP contribution is 2.25. The maximum atomic E-state index is 11.3. The molecule has 86 valence electrons. The molecule has 1 N–H and O–H groups in total. The van der Waals surface area contributed by atoms with E-state index in [9.17, 15) is 8.42 Å². The maximum absolute atomic E-state index is 11.3. The molecule has 1 aromatic rings. The third-order valence-electron chi connectivity index (χ3n) is 2.11. The lowest BCUT2D eigenvalue weighted by atomic mass is 10.5. The van der Waals surface area contributed by atoms with Gasteiger partial charge in [-0.15, -0.1) is 11.3 Å². The van der Waals surface area contributed by atoms with E-state index in [0.717, 1.165) is 18.0 Å². The van der Waals surface area contributed by atoms with Gasteiger partial charge in [-0.25, -0.2) is 13.4 Å². The second-order valence-corrected chi connectivity index (χ2v) is 6.93. The monoisotopic (exact) mass is 248 g/mol. The highest BCUT2D eigenvalue weighted by molar-refractivity contribution is 7.91. The predicted octanol–water partition coefficient (Wildman–Crippen LogP) is 1.36. The average Bonchev–Trinajstić information content (AvgIpc) is 2.60. The number of hydrogen-bond donors (Lipinski definition) is 1. The molecule has 0 bridgehead atoms. The van der Waals surface area contributed by atoms with Gasteiger partial charge in [-0.1, -0.05) is 6.92 Å². The van der Waals surface area contributed by atoms with E-state index in [1.165, 1.54) is 17.6 Å². The second-order valence-electron chi connectivity index (χ2n) is 3.42. The predicted molar refractivity (Wildman–Crippen MR) is 62.8 cm³/mol. The second kappa shape index (κ2) is 5.05. The van der Waals surface area contributed by atoms with E-state index in [1.54, 1.807) is 13.1 Å².